The number of piperazine rings is 1. The molecule has 32 heavy (non-hydrogen) atoms. The molecule has 0 atom stereocenters. The van der Waals surface area contributed by atoms with Crippen LogP contribution in [0.3, 0.4) is 0 Å². The molecule has 1 aliphatic heterocycles. The predicted octanol–water partition coefficient (Wildman–Crippen LogP) is 3.17. The zero-order chi connectivity index (χ0) is 22.2. The Bertz CT molecular complexity index is 1300. The Balaban J connectivity index is 1.37. The van der Waals surface area contributed by atoms with E-state index >= 15 is 0 Å². The van der Waals surface area contributed by atoms with Crippen molar-refractivity contribution in [3.63, 3.8) is 0 Å². The van der Waals surface area contributed by atoms with Crippen LogP contribution in [0.2, 0.25) is 0 Å². The van der Waals surface area contributed by atoms with Crippen molar-refractivity contribution in [1.29, 1.82) is 0 Å². The van der Waals surface area contributed by atoms with E-state index in [4.69, 9.17) is 0 Å². The van der Waals surface area contributed by atoms with Crippen molar-refractivity contribution in [3.8, 4) is 11.4 Å². The number of carbonyl (C=O) groups excluding carboxylic acids is 1. The summed E-state index contributed by atoms with van der Waals surface area (Å²) in [6, 6.07) is 13.1. The van der Waals surface area contributed by atoms with E-state index in [1.807, 2.05) is 4.90 Å². The number of fused-ring (bicyclic) bond motifs is 1. The minimum Gasteiger partial charge on any atom is -0.352 e. The van der Waals surface area contributed by atoms with Crippen LogP contribution in [-0.2, 0) is 0 Å². The number of aromatic nitrogens is 4. The van der Waals surface area contributed by atoms with E-state index in [9.17, 15) is 18.0 Å². The molecule has 0 unspecified atom stereocenters. The lowest BCUT2D eigenvalue weighted by Gasteiger charge is -2.35. The largest absolute Gasteiger partial charge is 0.352 e. The van der Waals surface area contributed by atoms with E-state index in [0.29, 0.717) is 24.6 Å². The summed E-state index contributed by atoms with van der Waals surface area (Å²) in [4.78, 5) is 16.0. The molecule has 1 amide bonds. The highest BCUT2D eigenvalue weighted by Gasteiger charge is 2.27. The average Bonchev–Trinajstić information content (AvgIpc) is 3.22. The highest BCUT2D eigenvalue weighted by atomic mass is 19.1. The van der Waals surface area contributed by atoms with Gasteiger partial charge < -0.3 is 9.80 Å². The molecule has 0 aliphatic carbocycles. The van der Waals surface area contributed by atoms with Gasteiger partial charge >= 0.3 is 0 Å². The minimum absolute atomic E-state index is 0.272. The number of benzene rings is 2. The third-order valence-corrected chi connectivity index (χ3v) is 5.43. The van der Waals surface area contributed by atoms with Gasteiger partial charge in [0.05, 0.1) is 5.56 Å². The summed E-state index contributed by atoms with van der Waals surface area (Å²) in [7, 11) is 0. The topological polar surface area (TPSA) is 66.6 Å². The van der Waals surface area contributed by atoms with Gasteiger partial charge in [-0.25, -0.2) is 13.2 Å². The Hall–Kier alpha value is -3.95. The van der Waals surface area contributed by atoms with Gasteiger partial charge in [-0.1, -0.05) is 18.2 Å². The van der Waals surface area contributed by atoms with E-state index in [2.05, 4.69) is 15.3 Å². The van der Waals surface area contributed by atoms with Gasteiger partial charge in [0.25, 0.3) is 5.91 Å². The van der Waals surface area contributed by atoms with Gasteiger partial charge in [0.2, 0.25) is 0 Å². The molecule has 10 heteroatoms. The first-order valence-corrected chi connectivity index (χ1v) is 9.98. The van der Waals surface area contributed by atoms with Gasteiger partial charge in [0.15, 0.2) is 11.5 Å². The summed E-state index contributed by atoms with van der Waals surface area (Å²) in [6.45, 7) is 1.37. The summed E-state index contributed by atoms with van der Waals surface area (Å²) < 4.78 is 43.7. The Morgan fingerprint density at radius 1 is 0.781 bits per heavy atom. The molecule has 2 aromatic carbocycles. The van der Waals surface area contributed by atoms with Gasteiger partial charge in [0.1, 0.15) is 28.8 Å². The molecule has 0 radical (unpaired) electrons. The Labute approximate surface area is 180 Å². The number of amides is 1. The molecular formula is C22H17F3N6O. The summed E-state index contributed by atoms with van der Waals surface area (Å²) in [5.74, 6) is -1.98. The first kappa shape index (κ1) is 20.0. The second-order valence-corrected chi connectivity index (χ2v) is 7.34. The van der Waals surface area contributed by atoms with E-state index in [1.165, 1.54) is 21.5 Å². The molecule has 0 bridgehead atoms. The molecule has 162 valence electrons. The molecule has 0 spiro atoms. The second kappa shape index (κ2) is 7.95. The Morgan fingerprint density at radius 2 is 1.47 bits per heavy atom. The molecule has 5 rings (SSSR count). The van der Waals surface area contributed by atoms with Crippen molar-refractivity contribution >= 4 is 17.4 Å². The third-order valence-electron chi connectivity index (χ3n) is 5.43. The lowest BCUT2D eigenvalue weighted by atomic mass is 10.1. The molecule has 7 nitrogen and oxygen atoms in total. The molecule has 2 aromatic heterocycles. The lowest BCUT2D eigenvalue weighted by Crippen LogP contribution is -2.49. The summed E-state index contributed by atoms with van der Waals surface area (Å²) >= 11 is 0. The number of carbonyl (C=O) groups is 1. The molecule has 1 fully saturated rings. The second-order valence-electron chi connectivity index (χ2n) is 7.34. The van der Waals surface area contributed by atoms with Crippen molar-refractivity contribution in [2.45, 2.75) is 0 Å². The Kier molecular flexibility index (Phi) is 4.96. The summed E-state index contributed by atoms with van der Waals surface area (Å²) in [5.41, 5.74) is 0.210. The van der Waals surface area contributed by atoms with E-state index < -0.39 is 28.9 Å². The highest BCUT2D eigenvalue weighted by Crippen LogP contribution is 2.23. The van der Waals surface area contributed by atoms with E-state index in [0.717, 1.165) is 12.1 Å². The average molecular weight is 438 g/mol. The fourth-order valence-corrected chi connectivity index (χ4v) is 3.76. The molecule has 3 heterocycles. The molecule has 4 aromatic rings. The zero-order valence-electron chi connectivity index (χ0n) is 16.8. The first-order chi connectivity index (χ1) is 15.5. The van der Waals surface area contributed by atoms with Crippen LogP contribution >= 0.6 is 0 Å². The van der Waals surface area contributed by atoms with Crippen molar-refractivity contribution in [2.24, 2.45) is 0 Å². The number of hydrogen-bond donors (Lipinski definition) is 0. The normalized spacial score (nSPS) is 14.2. The first-order valence-electron chi connectivity index (χ1n) is 9.98. The Morgan fingerprint density at radius 3 is 2.19 bits per heavy atom. The van der Waals surface area contributed by atoms with Crippen molar-refractivity contribution in [3.05, 3.63) is 77.6 Å². The number of nitrogens with zero attached hydrogens (tertiary/aromatic N) is 6. The van der Waals surface area contributed by atoms with Crippen LogP contribution in [0, 0.1) is 17.5 Å². The van der Waals surface area contributed by atoms with Crippen LogP contribution in [-0.4, -0.2) is 56.8 Å². The maximum atomic E-state index is 14.2. The number of rotatable bonds is 3. The van der Waals surface area contributed by atoms with Crippen LogP contribution < -0.4 is 4.90 Å². The van der Waals surface area contributed by atoms with Crippen LogP contribution in [0.4, 0.5) is 19.0 Å². The molecule has 1 saturated heterocycles. The number of hydrogen-bond acceptors (Lipinski definition) is 5. The standard InChI is InChI=1S/C22H17F3N6O/c23-15-5-2-1-4-14(15)21-27-26-18-8-9-19(28-31(18)21)29-10-12-30(13-11-29)22(32)20-16(24)6-3-7-17(20)25/h1-9H,10-13H2. The van der Waals surface area contributed by atoms with E-state index in [1.54, 1.807) is 30.3 Å². The monoisotopic (exact) mass is 438 g/mol. The number of halogens is 3. The highest BCUT2D eigenvalue weighted by molar-refractivity contribution is 5.95. The van der Waals surface area contributed by atoms with Gasteiger partial charge in [-0.05, 0) is 36.4 Å². The van der Waals surface area contributed by atoms with Crippen LogP contribution in [0.15, 0.2) is 54.6 Å². The van der Waals surface area contributed by atoms with Gasteiger partial charge in [-0.15, -0.1) is 15.3 Å². The van der Waals surface area contributed by atoms with Crippen LogP contribution in [0.1, 0.15) is 10.4 Å². The van der Waals surface area contributed by atoms with Crippen molar-refractivity contribution in [1.82, 2.24) is 24.7 Å². The minimum atomic E-state index is -0.877. The fourth-order valence-electron chi connectivity index (χ4n) is 3.76. The molecular weight excluding hydrogens is 421 g/mol. The maximum absolute atomic E-state index is 14.2. The smallest absolute Gasteiger partial charge is 0.259 e. The van der Waals surface area contributed by atoms with Crippen LogP contribution in [0.25, 0.3) is 17.0 Å². The predicted molar refractivity (Wildman–Crippen MR) is 111 cm³/mol. The molecule has 0 saturated carbocycles. The van der Waals surface area contributed by atoms with Crippen molar-refractivity contribution in [2.75, 3.05) is 31.1 Å². The van der Waals surface area contributed by atoms with Gasteiger partial charge in [-0.3, -0.25) is 4.79 Å². The number of anilines is 1. The van der Waals surface area contributed by atoms with Gasteiger partial charge in [-0.2, -0.15) is 4.52 Å². The molecule has 0 N–H and O–H groups in total. The molecule has 1 aliphatic rings. The van der Waals surface area contributed by atoms with Gasteiger partial charge in [0, 0.05) is 26.2 Å². The van der Waals surface area contributed by atoms with Crippen LogP contribution in [0.5, 0.6) is 0 Å². The third kappa shape index (κ3) is 3.43. The summed E-state index contributed by atoms with van der Waals surface area (Å²) in [6.07, 6.45) is 0. The van der Waals surface area contributed by atoms with E-state index in [-0.39, 0.29) is 24.5 Å². The maximum Gasteiger partial charge on any atom is 0.259 e. The summed E-state index contributed by atoms with van der Waals surface area (Å²) in [5, 5.41) is 12.7. The van der Waals surface area contributed by atoms with Crippen molar-refractivity contribution < 1.29 is 18.0 Å². The lowest BCUT2D eigenvalue weighted by molar-refractivity contribution is 0.0736. The fraction of sp³-hybridized carbons (Fsp3) is 0.182. The quantitative estimate of drug-likeness (QED) is 0.492. The SMILES string of the molecule is O=C(c1c(F)cccc1F)N1CCN(c2ccc3nnc(-c4ccccc4F)n3n2)CC1. The zero-order valence-corrected chi connectivity index (χ0v) is 16.8.